The van der Waals surface area contributed by atoms with Crippen LogP contribution in [0.3, 0.4) is 0 Å². The van der Waals surface area contributed by atoms with Gasteiger partial charge in [0.05, 0.1) is 6.54 Å². The minimum absolute atomic E-state index is 0.0150. The van der Waals surface area contributed by atoms with Gasteiger partial charge in [-0.05, 0) is 43.9 Å². The number of hydrogen-bond acceptors (Lipinski definition) is 5. The van der Waals surface area contributed by atoms with Crippen molar-refractivity contribution < 1.29 is 31.9 Å². The number of ether oxygens (including phenoxy) is 1. The van der Waals surface area contributed by atoms with Crippen LogP contribution in [0.5, 0.6) is 5.75 Å². The minimum atomic E-state index is -4.85. The third-order valence-electron chi connectivity index (χ3n) is 4.84. The van der Waals surface area contributed by atoms with Crippen molar-refractivity contribution in [1.82, 2.24) is 15.2 Å². The van der Waals surface area contributed by atoms with Crippen LogP contribution in [-0.4, -0.2) is 41.2 Å². The van der Waals surface area contributed by atoms with E-state index in [-0.39, 0.29) is 29.6 Å². The number of piperidine rings is 1. The average Bonchev–Trinajstić information content (AvgIpc) is 3.05. The van der Waals surface area contributed by atoms with Gasteiger partial charge in [-0.15, -0.1) is 13.2 Å². The van der Waals surface area contributed by atoms with Gasteiger partial charge in [0.1, 0.15) is 11.5 Å². The maximum absolute atomic E-state index is 12.7. The lowest BCUT2D eigenvalue weighted by Crippen LogP contribution is -2.38. The summed E-state index contributed by atoms with van der Waals surface area (Å²) in [6, 6.07) is 4.71. The van der Waals surface area contributed by atoms with Gasteiger partial charge < -0.3 is 19.4 Å². The minimum Gasteiger partial charge on any atom is -0.443 e. The highest BCUT2D eigenvalue weighted by Gasteiger charge is 2.31. The summed E-state index contributed by atoms with van der Waals surface area (Å²) in [5.74, 6) is -0.265. The van der Waals surface area contributed by atoms with Gasteiger partial charge in [0.25, 0.3) is 11.8 Å². The molecule has 0 atom stereocenters. The van der Waals surface area contributed by atoms with Crippen molar-refractivity contribution in [2.75, 3.05) is 13.1 Å². The van der Waals surface area contributed by atoms with E-state index >= 15 is 0 Å². The number of carbonyl (C=O) groups excluding carboxylic acids is 2. The molecule has 1 aliphatic heterocycles. The second kappa shape index (κ2) is 8.76. The molecule has 1 saturated heterocycles. The summed E-state index contributed by atoms with van der Waals surface area (Å²) in [4.78, 5) is 30.8. The van der Waals surface area contributed by atoms with Gasteiger partial charge in [-0.2, -0.15) is 0 Å². The number of benzene rings is 1. The van der Waals surface area contributed by atoms with E-state index in [2.05, 4.69) is 22.0 Å². The van der Waals surface area contributed by atoms with Crippen LogP contribution in [0.1, 0.15) is 52.3 Å². The molecule has 2 amide bonds. The van der Waals surface area contributed by atoms with Crippen LogP contribution in [0.2, 0.25) is 0 Å². The summed E-state index contributed by atoms with van der Waals surface area (Å²) < 4.78 is 46.3. The van der Waals surface area contributed by atoms with Gasteiger partial charge in [0.2, 0.25) is 5.89 Å². The molecule has 30 heavy (non-hydrogen) atoms. The smallest absolute Gasteiger partial charge is 0.443 e. The first-order valence-electron chi connectivity index (χ1n) is 9.52. The molecular weight excluding hydrogens is 403 g/mol. The maximum Gasteiger partial charge on any atom is 0.573 e. The molecule has 1 aromatic heterocycles. The number of alkyl halides is 3. The lowest BCUT2D eigenvalue weighted by Gasteiger charge is -2.29. The van der Waals surface area contributed by atoms with Crippen molar-refractivity contribution in [2.24, 2.45) is 5.92 Å². The number of aryl methyl sites for hydroxylation is 1. The molecule has 0 unspecified atom stereocenters. The summed E-state index contributed by atoms with van der Waals surface area (Å²) in [6.07, 6.45) is -2.98. The third kappa shape index (κ3) is 5.52. The first-order valence-corrected chi connectivity index (χ1v) is 9.52. The summed E-state index contributed by atoms with van der Waals surface area (Å²) in [5.41, 5.74) is 0.188. The lowest BCUT2D eigenvalue weighted by molar-refractivity contribution is -0.274. The Morgan fingerprint density at radius 2 is 2.00 bits per heavy atom. The van der Waals surface area contributed by atoms with Crippen LogP contribution in [-0.2, 0) is 6.54 Å². The number of nitrogens with one attached hydrogen (secondary N) is 1. The number of aromatic nitrogens is 1. The van der Waals surface area contributed by atoms with Crippen LogP contribution in [0.15, 0.2) is 28.7 Å². The maximum atomic E-state index is 12.7. The highest BCUT2D eigenvalue weighted by molar-refractivity contribution is 5.94. The number of oxazole rings is 1. The monoisotopic (exact) mass is 425 g/mol. The molecule has 1 aliphatic rings. The number of hydrogen-bond donors (Lipinski definition) is 1. The van der Waals surface area contributed by atoms with Gasteiger partial charge in [0, 0.05) is 18.7 Å². The molecular formula is C20H22F3N3O4. The van der Waals surface area contributed by atoms with Gasteiger partial charge in [0.15, 0.2) is 5.69 Å². The van der Waals surface area contributed by atoms with E-state index in [1.165, 1.54) is 12.1 Å². The Morgan fingerprint density at radius 1 is 1.30 bits per heavy atom. The van der Waals surface area contributed by atoms with Crippen LogP contribution >= 0.6 is 0 Å². The van der Waals surface area contributed by atoms with Crippen molar-refractivity contribution in [3.8, 4) is 5.75 Å². The zero-order chi connectivity index (χ0) is 21.9. The molecule has 2 heterocycles. The molecule has 10 heteroatoms. The molecule has 0 saturated carbocycles. The Labute approximate surface area is 171 Å². The quantitative estimate of drug-likeness (QED) is 0.790. The normalized spacial score (nSPS) is 15.2. The fourth-order valence-corrected chi connectivity index (χ4v) is 3.18. The van der Waals surface area contributed by atoms with E-state index in [9.17, 15) is 22.8 Å². The Balaban J connectivity index is 1.61. The van der Waals surface area contributed by atoms with Crippen molar-refractivity contribution >= 4 is 11.8 Å². The van der Waals surface area contributed by atoms with Crippen LogP contribution < -0.4 is 10.1 Å². The fraction of sp³-hybridized carbons (Fsp3) is 0.450. The van der Waals surface area contributed by atoms with Gasteiger partial charge in [-0.1, -0.05) is 13.0 Å². The highest BCUT2D eigenvalue weighted by atomic mass is 19.4. The summed E-state index contributed by atoms with van der Waals surface area (Å²) in [6.45, 7) is 4.97. The van der Waals surface area contributed by atoms with E-state index in [0.29, 0.717) is 24.8 Å². The van der Waals surface area contributed by atoms with Crippen molar-refractivity contribution in [2.45, 2.75) is 39.6 Å². The summed E-state index contributed by atoms with van der Waals surface area (Å²) in [5, 5.41) is 2.51. The van der Waals surface area contributed by atoms with E-state index in [0.717, 1.165) is 25.0 Å². The SMILES string of the molecule is Cc1oc(CNC(=O)c2cccc(OC(F)(F)F)c2)nc1C(=O)N1CCC(C)CC1. The van der Waals surface area contributed by atoms with Gasteiger partial charge >= 0.3 is 6.36 Å². The molecule has 2 aromatic rings. The molecule has 0 aliphatic carbocycles. The van der Waals surface area contributed by atoms with E-state index in [1.807, 2.05) is 0 Å². The fourth-order valence-electron chi connectivity index (χ4n) is 3.18. The molecule has 1 fully saturated rings. The Bertz CT molecular complexity index is 918. The number of carbonyl (C=O) groups is 2. The number of amides is 2. The Hall–Kier alpha value is -3.04. The summed E-state index contributed by atoms with van der Waals surface area (Å²) >= 11 is 0. The lowest BCUT2D eigenvalue weighted by atomic mass is 9.99. The molecule has 1 aromatic carbocycles. The molecule has 0 radical (unpaired) electrons. The number of nitrogens with zero attached hydrogens (tertiary/aromatic N) is 2. The molecule has 3 rings (SSSR count). The predicted octanol–water partition coefficient (Wildman–Crippen LogP) is 3.68. The molecule has 1 N–H and O–H groups in total. The zero-order valence-electron chi connectivity index (χ0n) is 16.6. The molecule has 162 valence electrons. The summed E-state index contributed by atoms with van der Waals surface area (Å²) in [7, 11) is 0. The van der Waals surface area contributed by atoms with Gasteiger partial charge in [-0.3, -0.25) is 9.59 Å². The number of rotatable bonds is 5. The van der Waals surface area contributed by atoms with E-state index in [1.54, 1.807) is 11.8 Å². The molecule has 0 bridgehead atoms. The third-order valence-corrected chi connectivity index (χ3v) is 4.84. The van der Waals surface area contributed by atoms with Crippen LogP contribution in [0.4, 0.5) is 13.2 Å². The zero-order valence-corrected chi connectivity index (χ0v) is 16.6. The Kier molecular flexibility index (Phi) is 6.33. The largest absolute Gasteiger partial charge is 0.573 e. The predicted molar refractivity (Wildman–Crippen MR) is 99.8 cm³/mol. The van der Waals surface area contributed by atoms with Crippen molar-refractivity contribution in [3.05, 3.63) is 47.2 Å². The van der Waals surface area contributed by atoms with E-state index in [4.69, 9.17) is 4.42 Å². The van der Waals surface area contributed by atoms with Crippen LogP contribution in [0.25, 0.3) is 0 Å². The topological polar surface area (TPSA) is 84.7 Å². The first-order chi connectivity index (χ1) is 14.1. The van der Waals surface area contributed by atoms with Crippen LogP contribution in [0, 0.1) is 12.8 Å². The first kappa shape index (κ1) is 21.7. The second-order valence-electron chi connectivity index (χ2n) is 7.25. The second-order valence-corrected chi connectivity index (χ2v) is 7.25. The molecule has 0 spiro atoms. The van der Waals surface area contributed by atoms with Gasteiger partial charge in [-0.25, -0.2) is 4.98 Å². The highest BCUT2D eigenvalue weighted by Crippen LogP contribution is 2.23. The standard InChI is InChI=1S/C20H22F3N3O4/c1-12-6-8-26(9-7-12)19(28)17-13(2)29-16(25-17)11-24-18(27)14-4-3-5-15(10-14)30-20(21,22)23/h3-5,10,12H,6-9,11H2,1-2H3,(H,24,27). The van der Waals surface area contributed by atoms with E-state index < -0.39 is 18.0 Å². The number of halogens is 3. The molecule has 7 nitrogen and oxygen atoms in total. The van der Waals surface area contributed by atoms with Crippen molar-refractivity contribution in [1.29, 1.82) is 0 Å². The average molecular weight is 425 g/mol. The van der Waals surface area contributed by atoms with Crippen molar-refractivity contribution in [3.63, 3.8) is 0 Å². The Morgan fingerprint density at radius 3 is 2.67 bits per heavy atom. The number of likely N-dealkylation sites (tertiary alicyclic amines) is 1.